The molecule has 0 bridgehead atoms. The van der Waals surface area contributed by atoms with Gasteiger partial charge in [-0.1, -0.05) is 28.1 Å². The van der Waals surface area contributed by atoms with Crippen molar-refractivity contribution in [2.24, 2.45) is 0 Å². The van der Waals surface area contributed by atoms with Crippen LogP contribution in [0.2, 0.25) is 0 Å². The van der Waals surface area contributed by atoms with E-state index in [1.165, 1.54) is 5.56 Å². The van der Waals surface area contributed by atoms with Crippen molar-refractivity contribution in [2.75, 3.05) is 6.54 Å². The molecule has 0 aromatic heterocycles. The average Bonchev–Trinajstić information content (AvgIpc) is 2.83. The monoisotopic (exact) mass is 325 g/mol. The van der Waals surface area contributed by atoms with Crippen molar-refractivity contribution >= 4 is 21.8 Å². The topological polar surface area (TPSA) is 49.3 Å². The van der Waals surface area contributed by atoms with Crippen LogP contribution in [0.3, 0.4) is 0 Å². The smallest absolute Gasteiger partial charge is 0.251 e. The Hall–Kier alpha value is -0.870. The zero-order valence-corrected chi connectivity index (χ0v) is 12.6. The maximum Gasteiger partial charge on any atom is 0.251 e. The molecule has 2 N–H and O–H groups in total. The van der Waals surface area contributed by atoms with Crippen LogP contribution in [0.25, 0.3) is 0 Å². The molecule has 0 radical (unpaired) electrons. The molecule has 1 amide bonds. The van der Waals surface area contributed by atoms with Crippen LogP contribution in [-0.2, 0) is 11.2 Å². The second-order valence-corrected chi connectivity index (χ2v) is 6.14. The van der Waals surface area contributed by atoms with E-state index in [1.807, 2.05) is 12.1 Å². The van der Waals surface area contributed by atoms with Gasteiger partial charge in [0.25, 0.3) is 5.91 Å². The van der Waals surface area contributed by atoms with Crippen LogP contribution in [0.15, 0.2) is 28.7 Å². The summed E-state index contributed by atoms with van der Waals surface area (Å²) in [5.74, 6) is -0.195. The Morgan fingerprint density at radius 2 is 2.11 bits per heavy atom. The van der Waals surface area contributed by atoms with Crippen LogP contribution in [0.5, 0.6) is 0 Å². The van der Waals surface area contributed by atoms with Gasteiger partial charge < -0.3 is 10.4 Å². The molecule has 1 aromatic carbocycles. The molecule has 104 valence electrons. The molecule has 0 atom stereocenters. The molecule has 1 aromatic rings. The zero-order chi connectivity index (χ0) is 13.7. The first-order valence-electron chi connectivity index (χ1n) is 6.85. The predicted octanol–water partition coefficient (Wildman–Crippen LogP) is 2.80. The van der Waals surface area contributed by atoms with Crippen LogP contribution in [0.1, 0.15) is 37.7 Å². The van der Waals surface area contributed by atoms with Gasteiger partial charge in [-0.2, -0.15) is 0 Å². The molecule has 3 nitrogen and oxygen atoms in total. The Kier molecular flexibility index (Phi) is 4.99. The first-order valence-corrected chi connectivity index (χ1v) is 7.65. The fourth-order valence-corrected chi connectivity index (χ4v) is 2.99. The van der Waals surface area contributed by atoms with Crippen molar-refractivity contribution in [3.63, 3.8) is 0 Å². The summed E-state index contributed by atoms with van der Waals surface area (Å²) in [6, 6.07) is 8.18. The lowest BCUT2D eigenvalue weighted by molar-refractivity contribution is -0.139. The van der Waals surface area contributed by atoms with Crippen LogP contribution in [0, 0.1) is 0 Å². The third kappa shape index (κ3) is 4.05. The maximum absolute atomic E-state index is 11.9. The van der Waals surface area contributed by atoms with E-state index in [9.17, 15) is 9.90 Å². The average molecular weight is 326 g/mol. The van der Waals surface area contributed by atoms with E-state index in [0.29, 0.717) is 19.4 Å². The predicted molar refractivity (Wildman–Crippen MR) is 78.9 cm³/mol. The first kappa shape index (κ1) is 14.5. The summed E-state index contributed by atoms with van der Waals surface area (Å²) >= 11 is 3.44. The molecule has 0 unspecified atom stereocenters. The zero-order valence-electron chi connectivity index (χ0n) is 11.0. The molecular formula is C15H20BrNO2. The number of hydrogen-bond acceptors (Lipinski definition) is 2. The number of hydrogen-bond donors (Lipinski definition) is 2. The summed E-state index contributed by atoms with van der Waals surface area (Å²) in [4.78, 5) is 11.9. The lowest BCUT2D eigenvalue weighted by Gasteiger charge is -2.20. The minimum Gasteiger partial charge on any atom is -0.380 e. The molecule has 1 aliphatic carbocycles. The van der Waals surface area contributed by atoms with E-state index >= 15 is 0 Å². The van der Waals surface area contributed by atoms with Gasteiger partial charge in [0.2, 0.25) is 0 Å². The van der Waals surface area contributed by atoms with Gasteiger partial charge in [0, 0.05) is 11.0 Å². The van der Waals surface area contributed by atoms with E-state index in [-0.39, 0.29) is 5.91 Å². The number of carbonyl (C=O) groups is 1. The number of halogens is 1. The second-order valence-electron chi connectivity index (χ2n) is 5.23. The van der Waals surface area contributed by atoms with Crippen LogP contribution in [-0.4, -0.2) is 23.2 Å². The number of rotatable bonds is 5. The summed E-state index contributed by atoms with van der Waals surface area (Å²) in [7, 11) is 0. The van der Waals surface area contributed by atoms with Crippen molar-refractivity contribution in [3.8, 4) is 0 Å². The molecule has 1 aliphatic rings. The molecule has 1 saturated carbocycles. The van der Waals surface area contributed by atoms with Crippen molar-refractivity contribution in [1.29, 1.82) is 0 Å². The van der Waals surface area contributed by atoms with Gasteiger partial charge in [-0.25, -0.2) is 0 Å². The van der Waals surface area contributed by atoms with Crippen LogP contribution in [0.4, 0.5) is 0 Å². The van der Waals surface area contributed by atoms with E-state index in [4.69, 9.17) is 0 Å². The number of nitrogens with one attached hydrogen (secondary N) is 1. The standard InChI is InChI=1S/C15H20BrNO2/c16-13-7-3-5-12(11-13)6-4-10-17-14(18)15(19)8-1-2-9-15/h3,5,7,11,19H,1-2,4,6,8-10H2,(H,17,18). The number of aliphatic hydroxyl groups is 1. The Bertz CT molecular complexity index is 442. The van der Waals surface area contributed by atoms with E-state index in [0.717, 1.165) is 30.2 Å². The van der Waals surface area contributed by atoms with E-state index in [2.05, 4.69) is 33.4 Å². The SMILES string of the molecule is O=C(NCCCc1cccc(Br)c1)C1(O)CCCC1. The third-order valence-corrected chi connectivity index (χ3v) is 4.16. The van der Waals surface area contributed by atoms with Crippen molar-refractivity contribution in [1.82, 2.24) is 5.32 Å². The molecule has 0 heterocycles. The number of benzene rings is 1. The fraction of sp³-hybridized carbons (Fsp3) is 0.533. The lowest BCUT2D eigenvalue weighted by Crippen LogP contribution is -2.45. The van der Waals surface area contributed by atoms with Gasteiger partial charge in [0.05, 0.1) is 0 Å². The number of aryl methyl sites for hydroxylation is 1. The minimum absolute atomic E-state index is 0.195. The van der Waals surface area contributed by atoms with Crippen LogP contribution >= 0.6 is 15.9 Å². The molecule has 19 heavy (non-hydrogen) atoms. The second kappa shape index (κ2) is 6.53. The van der Waals surface area contributed by atoms with Crippen molar-refractivity contribution in [3.05, 3.63) is 34.3 Å². The molecule has 0 saturated heterocycles. The summed E-state index contributed by atoms with van der Waals surface area (Å²) in [6.45, 7) is 0.619. The van der Waals surface area contributed by atoms with E-state index < -0.39 is 5.60 Å². The Balaban J connectivity index is 1.71. The third-order valence-electron chi connectivity index (χ3n) is 3.67. The van der Waals surface area contributed by atoms with Gasteiger partial charge >= 0.3 is 0 Å². The fourth-order valence-electron chi connectivity index (χ4n) is 2.54. The van der Waals surface area contributed by atoms with Crippen molar-refractivity contribution < 1.29 is 9.90 Å². The molecule has 1 fully saturated rings. The largest absolute Gasteiger partial charge is 0.380 e. The van der Waals surface area contributed by atoms with Gasteiger partial charge in [-0.05, 0) is 56.2 Å². The highest BCUT2D eigenvalue weighted by molar-refractivity contribution is 9.10. The lowest BCUT2D eigenvalue weighted by atomic mass is 10.0. The molecule has 2 rings (SSSR count). The summed E-state index contributed by atoms with van der Waals surface area (Å²) < 4.78 is 1.08. The summed E-state index contributed by atoms with van der Waals surface area (Å²) in [6.07, 6.45) is 4.91. The van der Waals surface area contributed by atoms with Crippen LogP contribution < -0.4 is 5.32 Å². The summed E-state index contributed by atoms with van der Waals surface area (Å²) in [5.41, 5.74) is 0.152. The molecule has 0 aliphatic heterocycles. The number of carbonyl (C=O) groups excluding carboxylic acids is 1. The Morgan fingerprint density at radius 3 is 2.79 bits per heavy atom. The Labute approximate surface area is 122 Å². The highest BCUT2D eigenvalue weighted by atomic mass is 79.9. The van der Waals surface area contributed by atoms with Gasteiger partial charge in [-0.15, -0.1) is 0 Å². The highest BCUT2D eigenvalue weighted by Gasteiger charge is 2.38. The van der Waals surface area contributed by atoms with E-state index in [1.54, 1.807) is 0 Å². The van der Waals surface area contributed by atoms with Gasteiger partial charge in [0.15, 0.2) is 0 Å². The normalized spacial score (nSPS) is 17.4. The van der Waals surface area contributed by atoms with Crippen molar-refractivity contribution in [2.45, 2.75) is 44.1 Å². The molecule has 0 spiro atoms. The first-order chi connectivity index (χ1) is 9.10. The number of amides is 1. The minimum atomic E-state index is -1.10. The Morgan fingerprint density at radius 1 is 1.37 bits per heavy atom. The molecule has 4 heteroatoms. The quantitative estimate of drug-likeness (QED) is 0.818. The van der Waals surface area contributed by atoms with Gasteiger partial charge in [-0.3, -0.25) is 4.79 Å². The molecular weight excluding hydrogens is 306 g/mol. The maximum atomic E-state index is 11.9. The summed E-state index contributed by atoms with van der Waals surface area (Å²) in [5, 5.41) is 12.9. The van der Waals surface area contributed by atoms with Gasteiger partial charge in [0.1, 0.15) is 5.60 Å². The highest BCUT2D eigenvalue weighted by Crippen LogP contribution is 2.29.